The van der Waals surface area contributed by atoms with Crippen molar-refractivity contribution in [3.8, 4) is 0 Å². The summed E-state index contributed by atoms with van der Waals surface area (Å²) in [5.74, 6) is 0.442. The maximum atomic E-state index is 11.5. The number of carbonyl (C=O) groups excluding carboxylic acids is 2. The van der Waals surface area contributed by atoms with Gasteiger partial charge in [0.05, 0.1) is 0 Å². The third-order valence-electron chi connectivity index (χ3n) is 3.04. The minimum atomic E-state index is 0.179. The van der Waals surface area contributed by atoms with E-state index in [0.717, 1.165) is 38.6 Å². The first-order chi connectivity index (χ1) is 8.66. The second-order valence-corrected chi connectivity index (χ2v) is 5.03. The predicted molar refractivity (Wildman–Crippen MR) is 75.5 cm³/mol. The quantitative estimate of drug-likeness (QED) is 0.541. The summed E-state index contributed by atoms with van der Waals surface area (Å²) in [5.41, 5.74) is 0. The van der Waals surface area contributed by atoms with Crippen molar-refractivity contribution >= 4 is 11.7 Å². The first kappa shape index (κ1) is 17.1. The van der Waals surface area contributed by atoms with Crippen LogP contribution in [-0.2, 0) is 9.59 Å². The molecule has 0 saturated carbocycles. The Kier molecular flexibility index (Phi) is 12.0. The zero-order chi connectivity index (χ0) is 13.6. The van der Waals surface area contributed by atoms with Gasteiger partial charge in [0, 0.05) is 19.4 Å². The van der Waals surface area contributed by atoms with E-state index >= 15 is 0 Å². The lowest BCUT2D eigenvalue weighted by Crippen LogP contribution is -2.23. The number of hydrogen-bond acceptors (Lipinski definition) is 2. The molecule has 0 atom stereocenters. The topological polar surface area (TPSA) is 46.2 Å². The Morgan fingerprint density at radius 3 is 2.06 bits per heavy atom. The van der Waals surface area contributed by atoms with E-state index in [0.29, 0.717) is 12.8 Å². The van der Waals surface area contributed by atoms with Crippen LogP contribution < -0.4 is 5.32 Å². The van der Waals surface area contributed by atoms with Crippen molar-refractivity contribution in [2.45, 2.75) is 78.1 Å². The van der Waals surface area contributed by atoms with Gasteiger partial charge in [-0.15, -0.1) is 0 Å². The van der Waals surface area contributed by atoms with Crippen molar-refractivity contribution in [3.05, 3.63) is 0 Å². The Bertz CT molecular complexity index is 227. The number of carbonyl (C=O) groups is 2. The molecule has 0 fully saturated rings. The molecular formula is C15H29NO2. The average molecular weight is 255 g/mol. The maximum Gasteiger partial charge on any atom is 0.219 e. The van der Waals surface area contributed by atoms with Crippen LogP contribution in [-0.4, -0.2) is 18.2 Å². The fourth-order valence-electron chi connectivity index (χ4n) is 1.88. The number of unbranched alkanes of at least 4 members (excludes halogenated alkanes) is 6. The lowest BCUT2D eigenvalue weighted by molar-refractivity contribution is -0.121. The van der Waals surface area contributed by atoms with Crippen LogP contribution in [0.5, 0.6) is 0 Å². The zero-order valence-corrected chi connectivity index (χ0v) is 12.1. The van der Waals surface area contributed by atoms with Crippen LogP contribution in [0.15, 0.2) is 0 Å². The van der Waals surface area contributed by atoms with Gasteiger partial charge in [0.1, 0.15) is 5.78 Å². The summed E-state index contributed by atoms with van der Waals surface area (Å²) in [7, 11) is 0. The van der Waals surface area contributed by atoms with E-state index < -0.39 is 0 Å². The monoisotopic (exact) mass is 255 g/mol. The van der Waals surface area contributed by atoms with E-state index in [1.165, 1.54) is 19.3 Å². The normalized spacial score (nSPS) is 10.3. The molecule has 1 amide bonds. The van der Waals surface area contributed by atoms with E-state index in [9.17, 15) is 9.59 Å². The van der Waals surface area contributed by atoms with E-state index in [2.05, 4.69) is 12.2 Å². The standard InChI is InChI=1S/C15H29NO2/c1-3-4-5-10-13-16-15(18)12-9-7-6-8-11-14(2)17/h3-13H2,1-2H3,(H,16,18). The molecule has 3 nitrogen and oxygen atoms in total. The summed E-state index contributed by atoms with van der Waals surface area (Å²) < 4.78 is 0. The van der Waals surface area contributed by atoms with Gasteiger partial charge in [0.25, 0.3) is 0 Å². The molecule has 0 aromatic carbocycles. The van der Waals surface area contributed by atoms with Crippen LogP contribution in [0, 0.1) is 0 Å². The molecule has 0 rings (SSSR count). The van der Waals surface area contributed by atoms with E-state index in [-0.39, 0.29) is 11.7 Å². The van der Waals surface area contributed by atoms with Crippen molar-refractivity contribution in [1.82, 2.24) is 5.32 Å². The van der Waals surface area contributed by atoms with Gasteiger partial charge in [0.15, 0.2) is 0 Å². The molecule has 0 spiro atoms. The molecule has 0 aliphatic rings. The number of rotatable bonds is 12. The summed E-state index contributed by atoms with van der Waals surface area (Å²) in [6, 6.07) is 0. The maximum absolute atomic E-state index is 11.5. The van der Waals surface area contributed by atoms with E-state index in [4.69, 9.17) is 0 Å². The fourth-order valence-corrected chi connectivity index (χ4v) is 1.88. The fraction of sp³-hybridized carbons (Fsp3) is 0.867. The molecule has 0 aliphatic carbocycles. The third kappa shape index (κ3) is 13.2. The van der Waals surface area contributed by atoms with Gasteiger partial charge in [0.2, 0.25) is 5.91 Å². The smallest absolute Gasteiger partial charge is 0.219 e. The highest BCUT2D eigenvalue weighted by molar-refractivity contribution is 5.75. The first-order valence-electron chi connectivity index (χ1n) is 7.43. The van der Waals surface area contributed by atoms with Gasteiger partial charge in [-0.25, -0.2) is 0 Å². The summed E-state index contributed by atoms with van der Waals surface area (Å²) >= 11 is 0. The van der Waals surface area contributed by atoms with Crippen LogP contribution in [0.4, 0.5) is 0 Å². The van der Waals surface area contributed by atoms with Crippen LogP contribution >= 0.6 is 0 Å². The van der Waals surface area contributed by atoms with Crippen molar-refractivity contribution in [2.24, 2.45) is 0 Å². The van der Waals surface area contributed by atoms with Gasteiger partial charge in [-0.2, -0.15) is 0 Å². The third-order valence-corrected chi connectivity index (χ3v) is 3.04. The minimum Gasteiger partial charge on any atom is -0.356 e. The molecule has 1 N–H and O–H groups in total. The van der Waals surface area contributed by atoms with E-state index in [1.807, 2.05) is 0 Å². The van der Waals surface area contributed by atoms with Gasteiger partial charge in [-0.1, -0.05) is 39.0 Å². The molecule has 3 heteroatoms. The Balaban J connectivity index is 3.19. The summed E-state index contributed by atoms with van der Waals surface area (Å²) in [6.45, 7) is 4.64. The van der Waals surface area contributed by atoms with Gasteiger partial charge >= 0.3 is 0 Å². The Morgan fingerprint density at radius 2 is 1.44 bits per heavy atom. The molecule has 0 bridgehead atoms. The highest BCUT2D eigenvalue weighted by atomic mass is 16.1. The van der Waals surface area contributed by atoms with Crippen molar-refractivity contribution in [2.75, 3.05) is 6.54 Å². The molecule has 0 saturated heterocycles. The van der Waals surface area contributed by atoms with Gasteiger partial charge in [-0.05, 0) is 26.2 Å². The molecule has 106 valence electrons. The Labute approximate surface area is 112 Å². The SMILES string of the molecule is CCCCCCNC(=O)CCCCCCC(C)=O. The van der Waals surface area contributed by atoms with Crippen LogP contribution in [0.2, 0.25) is 0 Å². The van der Waals surface area contributed by atoms with Crippen LogP contribution in [0.1, 0.15) is 78.1 Å². The number of amides is 1. The van der Waals surface area contributed by atoms with Crippen molar-refractivity contribution in [1.29, 1.82) is 0 Å². The number of ketones is 1. The van der Waals surface area contributed by atoms with Crippen LogP contribution in [0.3, 0.4) is 0 Å². The average Bonchev–Trinajstić information content (AvgIpc) is 2.33. The minimum absolute atomic E-state index is 0.179. The second kappa shape index (κ2) is 12.6. The van der Waals surface area contributed by atoms with E-state index in [1.54, 1.807) is 6.92 Å². The number of Topliss-reactive ketones (excluding diaryl/α,β-unsaturated/α-hetero) is 1. The Hall–Kier alpha value is -0.860. The summed E-state index contributed by atoms with van der Waals surface area (Å²) in [6.07, 6.45) is 10.1. The lowest BCUT2D eigenvalue weighted by atomic mass is 10.1. The molecule has 0 aromatic heterocycles. The lowest BCUT2D eigenvalue weighted by Gasteiger charge is -2.04. The zero-order valence-electron chi connectivity index (χ0n) is 12.1. The van der Waals surface area contributed by atoms with Crippen molar-refractivity contribution in [3.63, 3.8) is 0 Å². The summed E-state index contributed by atoms with van der Waals surface area (Å²) in [5, 5.41) is 2.96. The van der Waals surface area contributed by atoms with Gasteiger partial charge in [-0.3, -0.25) is 4.79 Å². The molecule has 0 unspecified atom stereocenters. The summed E-state index contributed by atoms with van der Waals surface area (Å²) in [4.78, 5) is 22.2. The predicted octanol–water partition coefficient (Wildman–Crippen LogP) is 3.61. The van der Waals surface area contributed by atoms with Gasteiger partial charge < -0.3 is 10.1 Å². The largest absolute Gasteiger partial charge is 0.356 e. The molecule has 0 aliphatic heterocycles. The molecule has 0 aromatic rings. The number of nitrogens with one attached hydrogen (secondary N) is 1. The second-order valence-electron chi connectivity index (χ2n) is 5.03. The number of hydrogen-bond donors (Lipinski definition) is 1. The molecular weight excluding hydrogens is 226 g/mol. The highest BCUT2D eigenvalue weighted by Gasteiger charge is 2.00. The highest BCUT2D eigenvalue weighted by Crippen LogP contribution is 2.05. The van der Waals surface area contributed by atoms with Crippen molar-refractivity contribution < 1.29 is 9.59 Å². The Morgan fingerprint density at radius 1 is 0.833 bits per heavy atom. The molecule has 0 radical (unpaired) electrons. The molecule has 18 heavy (non-hydrogen) atoms. The first-order valence-corrected chi connectivity index (χ1v) is 7.43. The van der Waals surface area contributed by atoms with Crippen LogP contribution in [0.25, 0.3) is 0 Å². The molecule has 0 heterocycles.